The zero-order valence-corrected chi connectivity index (χ0v) is 24.5. The highest BCUT2D eigenvalue weighted by molar-refractivity contribution is 6.05. The predicted octanol–water partition coefficient (Wildman–Crippen LogP) is 6.80. The number of fused-ring (bicyclic) bond motifs is 4. The Kier molecular flexibility index (Phi) is 5.48. The fourth-order valence-corrected chi connectivity index (χ4v) is 8.71. The molecule has 40 heavy (non-hydrogen) atoms. The van der Waals surface area contributed by atoms with Crippen LogP contribution < -0.4 is 10.6 Å². The van der Waals surface area contributed by atoms with Gasteiger partial charge in [0, 0.05) is 35.0 Å². The number of amides is 2. The second kappa shape index (κ2) is 8.14. The van der Waals surface area contributed by atoms with Crippen molar-refractivity contribution in [1.29, 1.82) is 0 Å². The van der Waals surface area contributed by atoms with E-state index in [0.29, 0.717) is 24.2 Å². The molecule has 0 saturated heterocycles. The number of Topliss-reactive ketones (excluding diaryl/α,β-unsaturated/α-hetero) is 2. The Balaban J connectivity index is 1.13. The van der Waals surface area contributed by atoms with Crippen LogP contribution in [0.4, 0.5) is 11.4 Å². The molecule has 4 bridgehead atoms. The Morgan fingerprint density at radius 3 is 1.12 bits per heavy atom. The van der Waals surface area contributed by atoms with Crippen LogP contribution in [0.1, 0.15) is 80.1 Å². The van der Waals surface area contributed by atoms with Gasteiger partial charge < -0.3 is 10.6 Å². The van der Waals surface area contributed by atoms with Gasteiger partial charge in [-0.05, 0) is 71.9 Å². The van der Waals surface area contributed by atoms with Crippen LogP contribution in [0.2, 0.25) is 0 Å². The average Bonchev–Trinajstić information content (AvgIpc) is 3.38. The third kappa shape index (κ3) is 3.11. The summed E-state index contributed by atoms with van der Waals surface area (Å²) in [6.07, 6.45) is 3.64. The Morgan fingerprint density at radius 1 is 0.550 bits per heavy atom. The lowest BCUT2D eigenvalue weighted by atomic mass is 9.64. The van der Waals surface area contributed by atoms with Gasteiger partial charge in [-0.25, -0.2) is 0 Å². The van der Waals surface area contributed by atoms with Crippen molar-refractivity contribution >= 4 is 34.8 Å². The number of carbonyl (C=O) groups is 4. The molecule has 2 aromatic carbocycles. The third-order valence-electron chi connectivity index (χ3n) is 12.9. The van der Waals surface area contributed by atoms with Crippen LogP contribution in [0.25, 0.3) is 11.1 Å². The molecule has 210 valence electrons. The molecule has 6 heteroatoms. The molecule has 2 N–H and O–H groups in total. The molecule has 4 aliphatic rings. The van der Waals surface area contributed by atoms with E-state index in [4.69, 9.17) is 0 Å². The van der Waals surface area contributed by atoms with Gasteiger partial charge in [-0.3, -0.25) is 19.2 Å². The molecular formula is C34H40N2O4. The minimum absolute atomic E-state index is 0.0610. The summed E-state index contributed by atoms with van der Waals surface area (Å²) in [5.41, 5.74) is 0.489. The zero-order chi connectivity index (χ0) is 28.9. The molecule has 0 aliphatic heterocycles. The predicted molar refractivity (Wildman–Crippen MR) is 155 cm³/mol. The summed E-state index contributed by atoms with van der Waals surface area (Å²) >= 11 is 0. The number of carbonyl (C=O) groups excluding carboxylic acids is 4. The van der Waals surface area contributed by atoms with Gasteiger partial charge in [0.05, 0.1) is 10.8 Å². The van der Waals surface area contributed by atoms with Crippen LogP contribution >= 0.6 is 0 Å². The number of nitrogens with one attached hydrogen (secondary N) is 2. The van der Waals surface area contributed by atoms with Crippen LogP contribution in [0.5, 0.6) is 0 Å². The van der Waals surface area contributed by atoms with Crippen LogP contribution in [-0.2, 0) is 19.2 Å². The molecule has 0 radical (unpaired) electrons. The highest BCUT2D eigenvalue weighted by Gasteiger charge is 2.73. The van der Waals surface area contributed by atoms with Gasteiger partial charge in [0.1, 0.15) is 11.6 Å². The number of anilines is 2. The van der Waals surface area contributed by atoms with Crippen molar-refractivity contribution in [2.24, 2.45) is 32.5 Å². The molecule has 4 aliphatic carbocycles. The van der Waals surface area contributed by atoms with E-state index in [9.17, 15) is 19.2 Å². The molecule has 4 fully saturated rings. The monoisotopic (exact) mass is 540 g/mol. The van der Waals surface area contributed by atoms with E-state index in [2.05, 4.69) is 38.3 Å². The van der Waals surface area contributed by atoms with Crippen LogP contribution in [-0.4, -0.2) is 23.4 Å². The molecule has 6 nitrogen and oxygen atoms in total. The second-order valence-corrected chi connectivity index (χ2v) is 14.3. The molecular weight excluding hydrogens is 500 g/mol. The van der Waals surface area contributed by atoms with E-state index in [-0.39, 0.29) is 34.2 Å². The van der Waals surface area contributed by atoms with Crippen molar-refractivity contribution in [1.82, 2.24) is 0 Å². The van der Waals surface area contributed by atoms with E-state index >= 15 is 0 Å². The van der Waals surface area contributed by atoms with Crippen LogP contribution in [0.3, 0.4) is 0 Å². The Hall–Kier alpha value is -3.28. The normalized spacial score (nSPS) is 34.8. The summed E-state index contributed by atoms with van der Waals surface area (Å²) in [7, 11) is 0. The molecule has 0 heterocycles. The first-order valence-electron chi connectivity index (χ1n) is 14.5. The maximum atomic E-state index is 13.5. The van der Waals surface area contributed by atoms with Gasteiger partial charge >= 0.3 is 0 Å². The van der Waals surface area contributed by atoms with Gasteiger partial charge in [0.25, 0.3) is 0 Å². The van der Waals surface area contributed by atoms with Crippen molar-refractivity contribution in [3.8, 4) is 11.1 Å². The number of benzene rings is 2. The lowest BCUT2D eigenvalue weighted by Gasteiger charge is -2.38. The molecule has 0 aromatic heterocycles. The topological polar surface area (TPSA) is 92.3 Å². The lowest BCUT2D eigenvalue weighted by molar-refractivity contribution is -0.131. The largest absolute Gasteiger partial charge is 0.326 e. The summed E-state index contributed by atoms with van der Waals surface area (Å²) in [5, 5.41) is 6.19. The lowest BCUT2D eigenvalue weighted by Crippen LogP contribution is -2.43. The first-order valence-corrected chi connectivity index (χ1v) is 14.5. The average molecular weight is 541 g/mol. The summed E-state index contributed by atoms with van der Waals surface area (Å²) in [4.78, 5) is 52.5. The Bertz CT molecular complexity index is 1340. The molecule has 0 spiro atoms. The van der Waals surface area contributed by atoms with Crippen molar-refractivity contribution in [3.63, 3.8) is 0 Å². The number of rotatable bonds is 5. The van der Waals surface area contributed by atoms with Gasteiger partial charge in [0.15, 0.2) is 0 Å². The summed E-state index contributed by atoms with van der Waals surface area (Å²) < 4.78 is 0. The quantitative estimate of drug-likeness (QED) is 0.436. The zero-order valence-electron chi connectivity index (χ0n) is 24.5. The maximum absolute atomic E-state index is 13.5. The highest BCUT2D eigenvalue weighted by atomic mass is 16.2. The van der Waals surface area contributed by atoms with Crippen molar-refractivity contribution in [2.45, 2.75) is 80.1 Å². The van der Waals surface area contributed by atoms with E-state index < -0.39 is 21.7 Å². The summed E-state index contributed by atoms with van der Waals surface area (Å²) in [6, 6.07) is 15.5. The molecule has 6 rings (SSSR count). The van der Waals surface area contributed by atoms with E-state index in [1.165, 1.54) is 0 Å². The fraction of sp³-hybridized carbons (Fsp3) is 0.529. The van der Waals surface area contributed by atoms with Gasteiger partial charge in [-0.2, -0.15) is 0 Å². The van der Waals surface area contributed by atoms with E-state index in [1.54, 1.807) is 0 Å². The SMILES string of the molecule is CC1(C)[C@@]2(C(=O)Nc3ccc(-c4ccc(NC(=O)[C@]56CC[C@](C)(C(=O)C5)C6(C)C)cc4)cc3)CC[C@@]1(C)C(=O)C2. The number of ketones is 2. The standard InChI is InChI=1S/C34H40N2O4/c1-29(2)31(5)15-17-33(29,19-25(31)37)27(39)35-23-11-7-21(8-12-23)22-9-13-24(14-10-22)36-28(40)34-18-16-32(6,26(38)20-34)30(34,3)4/h7-14H,15-20H2,1-6H3,(H,35,39)(H,36,40)/t31-,32+,33-,34-/m0/s1. The van der Waals surface area contributed by atoms with Crippen molar-refractivity contribution in [2.75, 3.05) is 10.6 Å². The van der Waals surface area contributed by atoms with Gasteiger partial charge in [-0.15, -0.1) is 0 Å². The van der Waals surface area contributed by atoms with Crippen molar-refractivity contribution < 1.29 is 19.2 Å². The van der Waals surface area contributed by atoms with Crippen LogP contribution in [0, 0.1) is 32.5 Å². The first-order chi connectivity index (χ1) is 18.6. The molecule has 4 atom stereocenters. The number of hydrogen-bond donors (Lipinski definition) is 2. The Labute approximate surface area is 236 Å². The highest BCUT2D eigenvalue weighted by Crippen LogP contribution is 2.71. The molecule has 4 saturated carbocycles. The summed E-state index contributed by atoms with van der Waals surface area (Å²) in [5.74, 6) is 0.287. The minimum atomic E-state index is -0.657. The van der Waals surface area contributed by atoms with Gasteiger partial charge in [0.2, 0.25) is 11.8 Å². The smallest absolute Gasteiger partial charge is 0.231 e. The van der Waals surface area contributed by atoms with Gasteiger partial charge in [-0.1, -0.05) is 65.8 Å². The van der Waals surface area contributed by atoms with E-state index in [1.807, 2.05) is 62.4 Å². The third-order valence-corrected chi connectivity index (χ3v) is 12.9. The van der Waals surface area contributed by atoms with Crippen LogP contribution in [0.15, 0.2) is 48.5 Å². The first kappa shape index (κ1) is 26.9. The molecule has 0 unspecified atom stereocenters. The van der Waals surface area contributed by atoms with Crippen molar-refractivity contribution in [3.05, 3.63) is 48.5 Å². The van der Waals surface area contributed by atoms with E-state index in [0.717, 1.165) is 36.8 Å². The Morgan fingerprint density at radius 2 is 0.875 bits per heavy atom. The molecule has 2 amide bonds. The second-order valence-electron chi connectivity index (χ2n) is 14.3. The fourth-order valence-electron chi connectivity index (χ4n) is 8.71. The minimum Gasteiger partial charge on any atom is -0.326 e. The summed E-state index contributed by atoms with van der Waals surface area (Å²) in [6.45, 7) is 12.3. The molecule has 2 aromatic rings. The maximum Gasteiger partial charge on any atom is 0.231 e. The number of hydrogen-bond acceptors (Lipinski definition) is 4.